The molecule has 150 valence electrons. The fraction of sp³-hybridized carbons (Fsp3) is 0.364. The van der Waals surface area contributed by atoms with Gasteiger partial charge >= 0.3 is 0 Å². The minimum atomic E-state index is -0.609. The van der Waals surface area contributed by atoms with Crippen LogP contribution in [-0.2, 0) is 9.63 Å². The van der Waals surface area contributed by atoms with Crippen LogP contribution < -0.4 is 5.32 Å². The van der Waals surface area contributed by atoms with Gasteiger partial charge in [-0.3, -0.25) is 14.6 Å². The summed E-state index contributed by atoms with van der Waals surface area (Å²) in [7, 11) is 0. The second kappa shape index (κ2) is 8.03. The highest BCUT2D eigenvalue weighted by Gasteiger charge is 2.48. The fourth-order valence-electron chi connectivity index (χ4n) is 3.78. The molecule has 0 radical (unpaired) electrons. The molecule has 0 bridgehead atoms. The van der Waals surface area contributed by atoms with E-state index in [9.17, 15) is 9.59 Å². The number of nitrogens with zero attached hydrogens (tertiary/aromatic N) is 3. The number of carbonyl (C=O) groups excluding carboxylic acids is 2. The molecule has 1 aromatic carbocycles. The van der Waals surface area contributed by atoms with Crippen LogP contribution in [0.4, 0.5) is 0 Å². The van der Waals surface area contributed by atoms with Crippen molar-refractivity contribution >= 4 is 17.5 Å². The van der Waals surface area contributed by atoms with Crippen LogP contribution in [0.2, 0.25) is 0 Å². The lowest BCUT2D eigenvalue weighted by Gasteiger charge is -2.21. The minimum Gasteiger partial charge on any atom is -0.386 e. The van der Waals surface area contributed by atoms with Crippen molar-refractivity contribution in [1.29, 1.82) is 0 Å². The standard InChI is InChI=1S/C22H24N4O3/c1-16(17-7-3-2-4-8-17)14-24-20(27)19-13-22(29-25-19)10-12-26(15-22)21(28)18-9-5-6-11-23-18/h2-9,11,16H,10,12-15H2,1H3,(H,24,27)/t16-,22+/m0/s1. The molecule has 29 heavy (non-hydrogen) atoms. The van der Waals surface area contributed by atoms with Crippen molar-refractivity contribution in [3.8, 4) is 0 Å². The number of likely N-dealkylation sites (tertiary alicyclic amines) is 1. The summed E-state index contributed by atoms with van der Waals surface area (Å²) in [6, 6.07) is 15.3. The third-order valence-electron chi connectivity index (χ3n) is 5.53. The molecule has 0 unspecified atom stereocenters. The lowest BCUT2D eigenvalue weighted by Crippen LogP contribution is -2.39. The summed E-state index contributed by atoms with van der Waals surface area (Å²) in [6.45, 7) is 3.56. The summed E-state index contributed by atoms with van der Waals surface area (Å²) < 4.78 is 0. The van der Waals surface area contributed by atoms with E-state index in [-0.39, 0.29) is 17.7 Å². The number of nitrogens with one attached hydrogen (secondary N) is 1. The van der Waals surface area contributed by atoms with Crippen LogP contribution >= 0.6 is 0 Å². The molecule has 7 heteroatoms. The van der Waals surface area contributed by atoms with Crippen molar-refractivity contribution in [2.24, 2.45) is 5.16 Å². The zero-order valence-corrected chi connectivity index (χ0v) is 16.4. The number of hydrogen-bond donors (Lipinski definition) is 1. The molecule has 1 saturated heterocycles. The van der Waals surface area contributed by atoms with Gasteiger partial charge < -0.3 is 15.1 Å². The first-order chi connectivity index (χ1) is 14.1. The maximum absolute atomic E-state index is 12.6. The molecule has 2 aromatic rings. The van der Waals surface area contributed by atoms with Crippen LogP contribution in [0.25, 0.3) is 0 Å². The quantitative estimate of drug-likeness (QED) is 0.847. The number of rotatable bonds is 5. The zero-order valence-electron chi connectivity index (χ0n) is 16.4. The number of carbonyl (C=O) groups is 2. The maximum atomic E-state index is 12.6. The molecule has 2 amide bonds. The lowest BCUT2D eigenvalue weighted by atomic mass is 9.96. The number of amides is 2. The van der Waals surface area contributed by atoms with Crippen LogP contribution in [0.5, 0.6) is 0 Å². The third kappa shape index (κ3) is 4.13. The normalized spacial score (nSPS) is 21.6. The topological polar surface area (TPSA) is 83.9 Å². The van der Waals surface area contributed by atoms with Crippen LogP contribution in [0, 0.1) is 0 Å². The Morgan fingerprint density at radius 3 is 2.76 bits per heavy atom. The van der Waals surface area contributed by atoms with E-state index in [4.69, 9.17) is 4.84 Å². The third-order valence-corrected chi connectivity index (χ3v) is 5.53. The van der Waals surface area contributed by atoms with E-state index in [0.717, 1.165) is 0 Å². The van der Waals surface area contributed by atoms with E-state index in [0.29, 0.717) is 43.9 Å². The van der Waals surface area contributed by atoms with Gasteiger partial charge in [0.25, 0.3) is 11.8 Å². The first-order valence-electron chi connectivity index (χ1n) is 9.85. The summed E-state index contributed by atoms with van der Waals surface area (Å²) in [5.41, 5.74) is 1.37. The summed E-state index contributed by atoms with van der Waals surface area (Å²) in [4.78, 5) is 36.6. The molecule has 3 heterocycles. The maximum Gasteiger partial charge on any atom is 0.272 e. The Balaban J connectivity index is 1.30. The molecule has 4 rings (SSSR count). The fourth-order valence-corrected chi connectivity index (χ4v) is 3.78. The van der Waals surface area contributed by atoms with E-state index >= 15 is 0 Å². The van der Waals surface area contributed by atoms with Crippen LogP contribution in [0.1, 0.15) is 41.7 Å². The van der Waals surface area contributed by atoms with E-state index in [1.54, 1.807) is 29.3 Å². The van der Waals surface area contributed by atoms with Gasteiger partial charge in [0.05, 0.1) is 6.54 Å². The zero-order chi connectivity index (χ0) is 20.3. The Labute approximate surface area is 169 Å². The number of aromatic nitrogens is 1. The Bertz CT molecular complexity index is 916. The first kappa shape index (κ1) is 19.1. The monoisotopic (exact) mass is 392 g/mol. The van der Waals surface area contributed by atoms with Crippen LogP contribution in [0.3, 0.4) is 0 Å². The van der Waals surface area contributed by atoms with Gasteiger partial charge in [0.15, 0.2) is 5.60 Å². The second-order valence-corrected chi connectivity index (χ2v) is 7.70. The van der Waals surface area contributed by atoms with Crippen molar-refractivity contribution in [3.63, 3.8) is 0 Å². The molecule has 1 fully saturated rings. The van der Waals surface area contributed by atoms with E-state index < -0.39 is 5.60 Å². The molecule has 2 aliphatic heterocycles. The van der Waals surface area contributed by atoms with Gasteiger partial charge in [0.1, 0.15) is 11.4 Å². The van der Waals surface area contributed by atoms with Gasteiger partial charge in [-0.15, -0.1) is 0 Å². The molecule has 1 spiro atoms. The molecule has 2 aliphatic rings. The van der Waals surface area contributed by atoms with Crippen LogP contribution in [0.15, 0.2) is 59.9 Å². The highest BCUT2D eigenvalue weighted by atomic mass is 16.7. The molecule has 7 nitrogen and oxygen atoms in total. The summed E-state index contributed by atoms with van der Waals surface area (Å²) in [6.07, 6.45) is 2.66. The summed E-state index contributed by atoms with van der Waals surface area (Å²) >= 11 is 0. The summed E-state index contributed by atoms with van der Waals surface area (Å²) in [5, 5.41) is 6.99. The molecule has 1 aromatic heterocycles. The number of oxime groups is 1. The smallest absolute Gasteiger partial charge is 0.272 e. The minimum absolute atomic E-state index is 0.124. The summed E-state index contributed by atoms with van der Waals surface area (Å²) in [5.74, 6) is -0.130. The molecular weight excluding hydrogens is 368 g/mol. The average molecular weight is 392 g/mol. The van der Waals surface area contributed by atoms with E-state index in [1.807, 2.05) is 30.3 Å². The van der Waals surface area contributed by atoms with Gasteiger partial charge in [-0.1, -0.05) is 48.5 Å². The number of benzene rings is 1. The largest absolute Gasteiger partial charge is 0.386 e. The second-order valence-electron chi connectivity index (χ2n) is 7.70. The van der Waals surface area contributed by atoms with Crippen molar-refractivity contribution in [2.45, 2.75) is 31.3 Å². The Kier molecular flexibility index (Phi) is 5.29. The SMILES string of the molecule is C[C@@H](CNC(=O)C1=NO[C@]2(CCN(C(=O)c3ccccn3)C2)C1)c1ccccc1. The molecule has 0 saturated carbocycles. The molecule has 0 aliphatic carbocycles. The Morgan fingerprint density at radius 2 is 2.00 bits per heavy atom. The van der Waals surface area contributed by atoms with Crippen molar-refractivity contribution in [3.05, 3.63) is 66.0 Å². The van der Waals surface area contributed by atoms with E-state index in [1.165, 1.54) is 5.56 Å². The molecular formula is C22H24N4O3. The van der Waals surface area contributed by atoms with Crippen molar-refractivity contribution in [1.82, 2.24) is 15.2 Å². The van der Waals surface area contributed by atoms with Gasteiger partial charge in [0.2, 0.25) is 0 Å². The van der Waals surface area contributed by atoms with Crippen molar-refractivity contribution in [2.75, 3.05) is 19.6 Å². The average Bonchev–Trinajstić information content (AvgIpc) is 3.39. The van der Waals surface area contributed by atoms with Gasteiger partial charge in [-0.2, -0.15) is 0 Å². The predicted molar refractivity (Wildman–Crippen MR) is 108 cm³/mol. The van der Waals surface area contributed by atoms with E-state index in [2.05, 4.69) is 22.4 Å². The van der Waals surface area contributed by atoms with Crippen molar-refractivity contribution < 1.29 is 14.4 Å². The predicted octanol–water partition coefficient (Wildman–Crippen LogP) is 2.36. The van der Waals surface area contributed by atoms with Gasteiger partial charge in [-0.05, 0) is 23.6 Å². The van der Waals surface area contributed by atoms with Gasteiger partial charge in [0, 0.05) is 32.1 Å². The highest BCUT2D eigenvalue weighted by molar-refractivity contribution is 6.39. The van der Waals surface area contributed by atoms with Gasteiger partial charge in [-0.25, -0.2) is 0 Å². The highest BCUT2D eigenvalue weighted by Crippen LogP contribution is 2.34. The number of hydrogen-bond acceptors (Lipinski definition) is 5. The lowest BCUT2D eigenvalue weighted by molar-refractivity contribution is -0.115. The molecule has 2 atom stereocenters. The van der Waals surface area contributed by atoms with Crippen LogP contribution in [-0.4, -0.2) is 52.6 Å². The molecule has 1 N–H and O–H groups in total. The Morgan fingerprint density at radius 1 is 1.21 bits per heavy atom. The Hall–Kier alpha value is -3.22. The first-order valence-corrected chi connectivity index (χ1v) is 9.85. The number of pyridine rings is 1.